The van der Waals surface area contributed by atoms with E-state index in [1.807, 2.05) is 0 Å². The predicted octanol–water partition coefficient (Wildman–Crippen LogP) is 0.425. The SMILES string of the molecule is CCOC(=O)C(CN)(C(C)=O)C(=O)OC(C)(C)C. The van der Waals surface area contributed by atoms with Crippen molar-refractivity contribution in [2.24, 2.45) is 11.1 Å². The lowest BCUT2D eigenvalue weighted by Gasteiger charge is -2.29. The van der Waals surface area contributed by atoms with Crippen LogP contribution in [-0.2, 0) is 23.9 Å². The molecule has 1 atom stereocenters. The maximum absolute atomic E-state index is 12.0. The monoisotopic (exact) mass is 259 g/mol. The molecule has 0 aliphatic carbocycles. The van der Waals surface area contributed by atoms with Gasteiger partial charge in [0.05, 0.1) is 6.61 Å². The quantitative estimate of drug-likeness (QED) is 0.568. The zero-order valence-corrected chi connectivity index (χ0v) is 11.5. The zero-order chi connectivity index (χ0) is 14.6. The molecule has 104 valence electrons. The van der Waals surface area contributed by atoms with Gasteiger partial charge in [-0.25, -0.2) is 0 Å². The first kappa shape index (κ1) is 16.6. The first-order valence-corrected chi connectivity index (χ1v) is 5.73. The predicted molar refractivity (Wildman–Crippen MR) is 64.6 cm³/mol. The summed E-state index contributed by atoms with van der Waals surface area (Å²) in [6.45, 7) is 7.18. The van der Waals surface area contributed by atoms with Gasteiger partial charge in [-0.15, -0.1) is 0 Å². The van der Waals surface area contributed by atoms with E-state index in [4.69, 9.17) is 15.2 Å². The van der Waals surface area contributed by atoms with Crippen LogP contribution in [0.15, 0.2) is 0 Å². The maximum atomic E-state index is 12.0. The van der Waals surface area contributed by atoms with E-state index in [-0.39, 0.29) is 6.61 Å². The average molecular weight is 259 g/mol. The van der Waals surface area contributed by atoms with Crippen LogP contribution in [0.1, 0.15) is 34.6 Å². The lowest BCUT2D eigenvalue weighted by Crippen LogP contribution is -2.54. The van der Waals surface area contributed by atoms with Gasteiger partial charge in [0.15, 0.2) is 5.78 Å². The van der Waals surface area contributed by atoms with Crippen LogP contribution in [0.4, 0.5) is 0 Å². The van der Waals surface area contributed by atoms with Gasteiger partial charge in [0.1, 0.15) is 5.60 Å². The molecule has 0 rings (SSSR count). The number of carbonyl (C=O) groups is 3. The standard InChI is InChI=1S/C12H21NO5/c1-6-17-9(15)12(7-13,8(2)14)10(16)18-11(3,4)5/h6-7,13H2,1-5H3. The van der Waals surface area contributed by atoms with Crippen LogP contribution < -0.4 is 5.73 Å². The van der Waals surface area contributed by atoms with Gasteiger partial charge in [0, 0.05) is 6.54 Å². The first-order chi connectivity index (χ1) is 8.11. The van der Waals surface area contributed by atoms with E-state index in [9.17, 15) is 14.4 Å². The van der Waals surface area contributed by atoms with Gasteiger partial charge in [-0.1, -0.05) is 0 Å². The highest BCUT2D eigenvalue weighted by atomic mass is 16.6. The van der Waals surface area contributed by atoms with Crippen LogP contribution in [0.2, 0.25) is 0 Å². The fraction of sp³-hybridized carbons (Fsp3) is 0.750. The molecule has 0 heterocycles. The van der Waals surface area contributed by atoms with Gasteiger partial charge in [0.2, 0.25) is 5.41 Å². The van der Waals surface area contributed by atoms with Crippen LogP contribution in [0.25, 0.3) is 0 Å². The normalized spacial score (nSPS) is 14.6. The molecule has 6 nitrogen and oxygen atoms in total. The Morgan fingerprint density at radius 3 is 1.89 bits per heavy atom. The second-order valence-corrected chi connectivity index (χ2v) is 4.89. The van der Waals surface area contributed by atoms with E-state index < -0.39 is 35.3 Å². The van der Waals surface area contributed by atoms with Crippen molar-refractivity contribution >= 4 is 17.7 Å². The molecule has 0 amide bonds. The van der Waals surface area contributed by atoms with Crippen molar-refractivity contribution in [2.75, 3.05) is 13.2 Å². The highest BCUT2D eigenvalue weighted by Gasteiger charge is 2.53. The Kier molecular flexibility index (Phi) is 5.48. The Morgan fingerprint density at radius 1 is 1.11 bits per heavy atom. The van der Waals surface area contributed by atoms with Crippen molar-refractivity contribution < 1.29 is 23.9 Å². The third-order valence-corrected chi connectivity index (χ3v) is 2.28. The van der Waals surface area contributed by atoms with Gasteiger partial charge in [-0.2, -0.15) is 0 Å². The van der Waals surface area contributed by atoms with Crippen LogP contribution in [-0.4, -0.2) is 36.5 Å². The molecule has 6 heteroatoms. The molecule has 0 bridgehead atoms. The first-order valence-electron chi connectivity index (χ1n) is 5.73. The van der Waals surface area contributed by atoms with Crippen molar-refractivity contribution in [3.05, 3.63) is 0 Å². The van der Waals surface area contributed by atoms with Crippen LogP contribution >= 0.6 is 0 Å². The summed E-state index contributed by atoms with van der Waals surface area (Å²) in [5.41, 5.74) is 2.55. The molecule has 0 fully saturated rings. The molecule has 0 aromatic rings. The zero-order valence-electron chi connectivity index (χ0n) is 11.5. The third kappa shape index (κ3) is 3.53. The second kappa shape index (κ2) is 5.95. The summed E-state index contributed by atoms with van der Waals surface area (Å²) >= 11 is 0. The molecule has 2 N–H and O–H groups in total. The Bertz CT molecular complexity index is 345. The minimum absolute atomic E-state index is 0.0522. The number of Topliss-reactive ketones (excluding diaryl/α,β-unsaturated/α-hetero) is 1. The molecule has 1 unspecified atom stereocenters. The third-order valence-electron chi connectivity index (χ3n) is 2.28. The van der Waals surface area contributed by atoms with E-state index in [0.717, 1.165) is 6.92 Å². The van der Waals surface area contributed by atoms with Crippen molar-refractivity contribution in [2.45, 2.75) is 40.2 Å². The van der Waals surface area contributed by atoms with E-state index in [2.05, 4.69) is 0 Å². The summed E-state index contributed by atoms with van der Waals surface area (Å²) in [4.78, 5) is 35.5. The summed E-state index contributed by atoms with van der Waals surface area (Å²) in [6.07, 6.45) is 0. The second-order valence-electron chi connectivity index (χ2n) is 4.89. The molecule has 0 aliphatic rings. The number of ketones is 1. The number of ether oxygens (including phenoxy) is 2. The molecular weight excluding hydrogens is 238 g/mol. The van der Waals surface area contributed by atoms with Gasteiger partial charge in [-0.3, -0.25) is 14.4 Å². The summed E-state index contributed by atoms with van der Waals surface area (Å²) in [7, 11) is 0. The lowest BCUT2D eigenvalue weighted by atomic mass is 9.84. The number of hydrogen-bond donors (Lipinski definition) is 1. The molecule has 0 saturated carbocycles. The van der Waals surface area contributed by atoms with E-state index in [1.165, 1.54) is 0 Å². The van der Waals surface area contributed by atoms with Crippen molar-refractivity contribution in [1.29, 1.82) is 0 Å². The van der Waals surface area contributed by atoms with Crippen LogP contribution in [0, 0.1) is 5.41 Å². The molecule has 0 radical (unpaired) electrons. The largest absolute Gasteiger partial charge is 0.465 e. The van der Waals surface area contributed by atoms with Gasteiger partial charge >= 0.3 is 11.9 Å². The molecule has 0 aromatic carbocycles. The Hall–Kier alpha value is -1.43. The fourth-order valence-corrected chi connectivity index (χ4v) is 1.30. The topological polar surface area (TPSA) is 95.7 Å². The highest BCUT2D eigenvalue weighted by Crippen LogP contribution is 2.25. The van der Waals surface area contributed by atoms with E-state index in [1.54, 1.807) is 27.7 Å². The maximum Gasteiger partial charge on any atom is 0.333 e. The molecule has 18 heavy (non-hydrogen) atoms. The minimum atomic E-state index is -2.07. The summed E-state index contributed by atoms with van der Waals surface area (Å²) in [6, 6.07) is 0. The summed E-state index contributed by atoms with van der Waals surface area (Å²) < 4.78 is 9.84. The Morgan fingerprint density at radius 2 is 1.61 bits per heavy atom. The van der Waals surface area contributed by atoms with Crippen molar-refractivity contribution in [3.63, 3.8) is 0 Å². The average Bonchev–Trinajstić information content (AvgIpc) is 2.16. The Balaban J connectivity index is 5.40. The van der Waals surface area contributed by atoms with E-state index in [0.29, 0.717) is 0 Å². The van der Waals surface area contributed by atoms with Crippen molar-refractivity contribution in [3.8, 4) is 0 Å². The van der Waals surface area contributed by atoms with Gasteiger partial charge in [0.25, 0.3) is 0 Å². The molecular formula is C12H21NO5. The van der Waals surface area contributed by atoms with Crippen molar-refractivity contribution in [1.82, 2.24) is 0 Å². The molecule has 0 aliphatic heterocycles. The molecule has 0 spiro atoms. The smallest absolute Gasteiger partial charge is 0.333 e. The molecule has 0 saturated heterocycles. The summed E-state index contributed by atoms with van der Waals surface area (Å²) in [5, 5.41) is 0. The van der Waals surface area contributed by atoms with Crippen LogP contribution in [0.3, 0.4) is 0 Å². The van der Waals surface area contributed by atoms with Gasteiger partial charge in [-0.05, 0) is 34.6 Å². The van der Waals surface area contributed by atoms with Gasteiger partial charge < -0.3 is 15.2 Å². The number of carbonyl (C=O) groups excluding carboxylic acids is 3. The number of nitrogens with two attached hydrogens (primary N) is 1. The van der Waals surface area contributed by atoms with Crippen LogP contribution in [0.5, 0.6) is 0 Å². The molecule has 0 aromatic heterocycles. The Labute approximate surface area is 107 Å². The lowest BCUT2D eigenvalue weighted by molar-refractivity contribution is -0.179. The minimum Gasteiger partial charge on any atom is -0.465 e. The fourth-order valence-electron chi connectivity index (χ4n) is 1.30. The highest BCUT2D eigenvalue weighted by molar-refractivity contribution is 6.19. The number of rotatable bonds is 5. The van der Waals surface area contributed by atoms with E-state index >= 15 is 0 Å². The number of hydrogen-bond acceptors (Lipinski definition) is 6. The summed E-state index contributed by atoms with van der Waals surface area (Å²) in [5.74, 6) is -2.62. The number of esters is 2.